The van der Waals surface area contributed by atoms with Gasteiger partial charge < -0.3 is 9.64 Å². The molecule has 0 aromatic heterocycles. The number of benzene rings is 1. The Kier molecular flexibility index (Phi) is 3.13. The van der Waals surface area contributed by atoms with E-state index in [9.17, 15) is 4.79 Å². The SMILES string of the molecule is CC(C)CCN1C(=O)COc2ccccc21. The van der Waals surface area contributed by atoms with Gasteiger partial charge in [0.05, 0.1) is 5.69 Å². The van der Waals surface area contributed by atoms with Gasteiger partial charge in [-0.15, -0.1) is 0 Å². The summed E-state index contributed by atoms with van der Waals surface area (Å²) in [7, 11) is 0. The third-order valence-corrected chi connectivity index (χ3v) is 2.74. The maximum absolute atomic E-state index is 11.8. The van der Waals surface area contributed by atoms with Crippen LogP contribution in [-0.4, -0.2) is 19.1 Å². The van der Waals surface area contributed by atoms with Gasteiger partial charge in [-0.05, 0) is 24.5 Å². The standard InChI is InChI=1S/C13H17NO2/c1-10(2)7-8-14-11-5-3-4-6-12(11)16-9-13(14)15/h3-6,10H,7-9H2,1-2H3. The Bertz CT molecular complexity index is 387. The van der Waals surface area contributed by atoms with Gasteiger partial charge in [-0.2, -0.15) is 0 Å². The molecule has 16 heavy (non-hydrogen) atoms. The maximum atomic E-state index is 11.8. The number of amides is 1. The molecule has 0 radical (unpaired) electrons. The first-order chi connectivity index (χ1) is 7.68. The summed E-state index contributed by atoms with van der Waals surface area (Å²) in [4.78, 5) is 13.6. The number of nitrogens with zero attached hydrogens (tertiary/aromatic N) is 1. The van der Waals surface area contributed by atoms with E-state index < -0.39 is 0 Å². The highest BCUT2D eigenvalue weighted by molar-refractivity contribution is 5.97. The van der Waals surface area contributed by atoms with E-state index >= 15 is 0 Å². The molecule has 86 valence electrons. The second kappa shape index (κ2) is 4.56. The Hall–Kier alpha value is -1.51. The number of carbonyl (C=O) groups is 1. The molecule has 0 atom stereocenters. The molecule has 0 aliphatic carbocycles. The van der Waals surface area contributed by atoms with Gasteiger partial charge in [0.2, 0.25) is 0 Å². The molecule has 0 fully saturated rings. The van der Waals surface area contributed by atoms with Gasteiger partial charge in [-0.3, -0.25) is 4.79 Å². The van der Waals surface area contributed by atoms with Crippen molar-refractivity contribution in [3.8, 4) is 5.75 Å². The van der Waals surface area contributed by atoms with E-state index in [1.807, 2.05) is 29.2 Å². The molecule has 0 bridgehead atoms. The Morgan fingerprint density at radius 2 is 2.12 bits per heavy atom. The van der Waals surface area contributed by atoms with Crippen LogP contribution in [0.1, 0.15) is 20.3 Å². The average molecular weight is 219 g/mol. The van der Waals surface area contributed by atoms with Crippen LogP contribution in [0.25, 0.3) is 0 Å². The van der Waals surface area contributed by atoms with Crippen LogP contribution in [0.2, 0.25) is 0 Å². The van der Waals surface area contributed by atoms with E-state index in [2.05, 4.69) is 13.8 Å². The monoisotopic (exact) mass is 219 g/mol. The van der Waals surface area contributed by atoms with Crippen molar-refractivity contribution >= 4 is 11.6 Å². The Labute approximate surface area is 96.0 Å². The highest BCUT2D eigenvalue weighted by Crippen LogP contribution is 2.31. The molecular formula is C13H17NO2. The van der Waals surface area contributed by atoms with Crippen LogP contribution in [-0.2, 0) is 4.79 Å². The molecule has 0 saturated carbocycles. The maximum Gasteiger partial charge on any atom is 0.265 e. The number of hydrogen-bond acceptors (Lipinski definition) is 2. The Morgan fingerprint density at radius 1 is 1.38 bits per heavy atom. The topological polar surface area (TPSA) is 29.5 Å². The zero-order valence-electron chi connectivity index (χ0n) is 9.77. The minimum absolute atomic E-state index is 0.0550. The Morgan fingerprint density at radius 3 is 2.88 bits per heavy atom. The van der Waals surface area contributed by atoms with Crippen molar-refractivity contribution in [1.82, 2.24) is 0 Å². The molecule has 1 amide bonds. The summed E-state index contributed by atoms with van der Waals surface area (Å²) in [6.07, 6.45) is 1.01. The summed E-state index contributed by atoms with van der Waals surface area (Å²) >= 11 is 0. The number of anilines is 1. The van der Waals surface area contributed by atoms with E-state index in [-0.39, 0.29) is 12.5 Å². The van der Waals surface area contributed by atoms with Crippen LogP contribution in [0.3, 0.4) is 0 Å². The zero-order valence-corrected chi connectivity index (χ0v) is 9.77. The molecule has 1 aromatic carbocycles. The van der Waals surface area contributed by atoms with Crippen molar-refractivity contribution in [1.29, 1.82) is 0 Å². The van der Waals surface area contributed by atoms with Gasteiger partial charge in [0, 0.05) is 6.54 Å². The summed E-state index contributed by atoms with van der Waals surface area (Å²) in [5.41, 5.74) is 0.902. The van der Waals surface area contributed by atoms with Crippen LogP contribution in [0.4, 0.5) is 5.69 Å². The Balaban J connectivity index is 2.19. The average Bonchev–Trinajstić information content (AvgIpc) is 2.27. The zero-order chi connectivity index (χ0) is 11.5. The first kappa shape index (κ1) is 11.0. The number of fused-ring (bicyclic) bond motifs is 1. The van der Waals surface area contributed by atoms with Gasteiger partial charge in [-0.1, -0.05) is 26.0 Å². The third-order valence-electron chi connectivity index (χ3n) is 2.74. The predicted octanol–water partition coefficient (Wildman–Crippen LogP) is 2.46. The second-order valence-corrected chi connectivity index (χ2v) is 4.48. The molecule has 0 spiro atoms. The molecule has 1 heterocycles. The lowest BCUT2D eigenvalue weighted by Gasteiger charge is -2.29. The second-order valence-electron chi connectivity index (χ2n) is 4.48. The molecule has 3 heteroatoms. The first-order valence-corrected chi connectivity index (χ1v) is 5.70. The number of ether oxygens (including phenoxy) is 1. The molecular weight excluding hydrogens is 202 g/mol. The smallest absolute Gasteiger partial charge is 0.265 e. The summed E-state index contributed by atoms with van der Waals surface area (Å²) < 4.78 is 5.38. The van der Waals surface area contributed by atoms with Gasteiger partial charge in [0.15, 0.2) is 6.61 Å². The van der Waals surface area contributed by atoms with Crippen LogP contribution in [0.5, 0.6) is 5.75 Å². The van der Waals surface area contributed by atoms with Gasteiger partial charge >= 0.3 is 0 Å². The van der Waals surface area contributed by atoms with Crippen molar-refractivity contribution in [3.05, 3.63) is 24.3 Å². The summed E-state index contributed by atoms with van der Waals surface area (Å²) in [6, 6.07) is 7.70. The summed E-state index contributed by atoms with van der Waals surface area (Å²) in [6.45, 7) is 5.26. The lowest BCUT2D eigenvalue weighted by atomic mass is 10.1. The predicted molar refractivity (Wildman–Crippen MR) is 63.7 cm³/mol. The van der Waals surface area contributed by atoms with Crippen molar-refractivity contribution in [2.45, 2.75) is 20.3 Å². The summed E-state index contributed by atoms with van der Waals surface area (Å²) in [5.74, 6) is 1.47. The van der Waals surface area contributed by atoms with Crippen molar-refractivity contribution < 1.29 is 9.53 Å². The molecule has 0 unspecified atom stereocenters. The molecule has 1 aromatic rings. The van der Waals surface area contributed by atoms with Gasteiger partial charge in [-0.25, -0.2) is 0 Å². The minimum Gasteiger partial charge on any atom is -0.482 e. The highest BCUT2D eigenvalue weighted by Gasteiger charge is 2.24. The normalized spacial score (nSPS) is 14.9. The minimum atomic E-state index is 0.0550. The largest absolute Gasteiger partial charge is 0.482 e. The quantitative estimate of drug-likeness (QED) is 0.781. The van der Waals surface area contributed by atoms with E-state index in [0.29, 0.717) is 5.92 Å². The number of rotatable bonds is 3. The van der Waals surface area contributed by atoms with Gasteiger partial charge in [0.25, 0.3) is 5.91 Å². The fourth-order valence-corrected chi connectivity index (χ4v) is 1.79. The number of carbonyl (C=O) groups excluding carboxylic acids is 1. The molecule has 3 nitrogen and oxygen atoms in total. The van der Waals surface area contributed by atoms with Crippen LogP contribution >= 0.6 is 0 Å². The summed E-state index contributed by atoms with van der Waals surface area (Å²) in [5, 5.41) is 0. The molecule has 1 aliphatic rings. The van der Waals surface area contributed by atoms with Crippen molar-refractivity contribution in [2.75, 3.05) is 18.1 Å². The lowest BCUT2D eigenvalue weighted by molar-refractivity contribution is -0.121. The molecule has 0 N–H and O–H groups in total. The van der Waals surface area contributed by atoms with Gasteiger partial charge in [0.1, 0.15) is 5.75 Å². The molecule has 2 rings (SSSR count). The third kappa shape index (κ3) is 2.18. The van der Waals surface area contributed by atoms with E-state index in [0.717, 1.165) is 24.4 Å². The number of para-hydroxylation sites is 2. The van der Waals surface area contributed by atoms with Crippen LogP contribution in [0.15, 0.2) is 24.3 Å². The van der Waals surface area contributed by atoms with E-state index in [1.165, 1.54) is 0 Å². The first-order valence-electron chi connectivity index (χ1n) is 5.70. The van der Waals surface area contributed by atoms with Crippen molar-refractivity contribution in [3.63, 3.8) is 0 Å². The molecule has 1 aliphatic heterocycles. The highest BCUT2D eigenvalue weighted by atomic mass is 16.5. The van der Waals surface area contributed by atoms with Crippen LogP contribution < -0.4 is 9.64 Å². The van der Waals surface area contributed by atoms with Crippen LogP contribution in [0, 0.1) is 5.92 Å². The number of hydrogen-bond donors (Lipinski definition) is 0. The lowest BCUT2D eigenvalue weighted by Crippen LogP contribution is -2.39. The fourth-order valence-electron chi connectivity index (χ4n) is 1.79. The fraction of sp³-hybridized carbons (Fsp3) is 0.462. The molecule has 0 saturated heterocycles. The van der Waals surface area contributed by atoms with Crippen molar-refractivity contribution in [2.24, 2.45) is 5.92 Å². The van der Waals surface area contributed by atoms with E-state index in [1.54, 1.807) is 0 Å². The van der Waals surface area contributed by atoms with E-state index in [4.69, 9.17) is 4.74 Å².